The quantitative estimate of drug-likeness (QED) is 0.879. The number of pyridine rings is 1. The standard InChI is InChI=1S/C15H19FN2/c1-4-6-11-9-12-13(16)8-7-10(3)14(12)18-15(11)17-5-2/h7-9H,4-6H2,1-3H3,(H,17,18). The molecule has 1 aromatic heterocycles. The van der Waals surface area contributed by atoms with Crippen molar-refractivity contribution in [3.8, 4) is 0 Å². The summed E-state index contributed by atoms with van der Waals surface area (Å²) in [6.45, 7) is 6.94. The van der Waals surface area contributed by atoms with E-state index in [2.05, 4.69) is 17.2 Å². The average molecular weight is 246 g/mol. The lowest BCUT2D eigenvalue weighted by Crippen LogP contribution is -2.04. The first-order valence-corrected chi connectivity index (χ1v) is 6.50. The number of aryl methyl sites for hydroxylation is 2. The molecule has 0 fully saturated rings. The predicted molar refractivity (Wildman–Crippen MR) is 74.6 cm³/mol. The summed E-state index contributed by atoms with van der Waals surface area (Å²) < 4.78 is 13.8. The number of fused-ring (bicyclic) bond motifs is 1. The second-order valence-corrected chi connectivity index (χ2v) is 4.54. The largest absolute Gasteiger partial charge is 0.370 e. The van der Waals surface area contributed by atoms with E-state index in [0.717, 1.165) is 41.8 Å². The van der Waals surface area contributed by atoms with Gasteiger partial charge in [0.05, 0.1) is 5.52 Å². The van der Waals surface area contributed by atoms with Crippen LogP contribution in [0.5, 0.6) is 0 Å². The molecule has 0 saturated carbocycles. The smallest absolute Gasteiger partial charge is 0.132 e. The number of aromatic nitrogens is 1. The fourth-order valence-corrected chi connectivity index (χ4v) is 2.18. The van der Waals surface area contributed by atoms with Crippen LogP contribution in [-0.2, 0) is 6.42 Å². The van der Waals surface area contributed by atoms with Gasteiger partial charge in [0, 0.05) is 11.9 Å². The first-order chi connectivity index (χ1) is 8.67. The zero-order valence-electron chi connectivity index (χ0n) is 11.2. The van der Waals surface area contributed by atoms with Crippen LogP contribution in [0.3, 0.4) is 0 Å². The minimum atomic E-state index is -0.191. The molecule has 0 aliphatic carbocycles. The number of rotatable bonds is 4. The molecule has 0 amide bonds. The normalized spacial score (nSPS) is 10.9. The third kappa shape index (κ3) is 2.30. The number of benzene rings is 1. The summed E-state index contributed by atoms with van der Waals surface area (Å²) in [5.41, 5.74) is 2.86. The van der Waals surface area contributed by atoms with Crippen LogP contribution in [-0.4, -0.2) is 11.5 Å². The SMILES string of the molecule is CCCc1cc2c(F)ccc(C)c2nc1NCC. The molecular weight excluding hydrogens is 227 g/mol. The number of halogens is 1. The van der Waals surface area contributed by atoms with Gasteiger partial charge < -0.3 is 5.32 Å². The van der Waals surface area contributed by atoms with Crippen LogP contribution in [0.1, 0.15) is 31.4 Å². The van der Waals surface area contributed by atoms with Gasteiger partial charge in [-0.05, 0) is 43.5 Å². The van der Waals surface area contributed by atoms with E-state index in [-0.39, 0.29) is 5.82 Å². The monoisotopic (exact) mass is 246 g/mol. The van der Waals surface area contributed by atoms with Gasteiger partial charge in [-0.1, -0.05) is 19.4 Å². The van der Waals surface area contributed by atoms with E-state index in [9.17, 15) is 4.39 Å². The molecule has 2 rings (SSSR count). The fraction of sp³-hybridized carbons (Fsp3) is 0.400. The van der Waals surface area contributed by atoms with Crippen molar-refractivity contribution in [2.75, 3.05) is 11.9 Å². The molecule has 0 atom stereocenters. The molecule has 3 heteroatoms. The van der Waals surface area contributed by atoms with Crippen molar-refractivity contribution in [1.29, 1.82) is 0 Å². The maximum Gasteiger partial charge on any atom is 0.132 e. The molecule has 0 saturated heterocycles. The third-order valence-electron chi connectivity index (χ3n) is 3.08. The van der Waals surface area contributed by atoms with Crippen molar-refractivity contribution in [2.24, 2.45) is 0 Å². The summed E-state index contributed by atoms with van der Waals surface area (Å²) in [5.74, 6) is 0.698. The van der Waals surface area contributed by atoms with Gasteiger partial charge in [-0.15, -0.1) is 0 Å². The van der Waals surface area contributed by atoms with Gasteiger partial charge in [0.1, 0.15) is 11.6 Å². The first-order valence-electron chi connectivity index (χ1n) is 6.50. The highest BCUT2D eigenvalue weighted by molar-refractivity contribution is 5.85. The molecule has 1 N–H and O–H groups in total. The Kier molecular flexibility index (Phi) is 3.80. The minimum Gasteiger partial charge on any atom is -0.370 e. The van der Waals surface area contributed by atoms with Gasteiger partial charge in [-0.25, -0.2) is 9.37 Å². The van der Waals surface area contributed by atoms with Crippen molar-refractivity contribution < 1.29 is 4.39 Å². The van der Waals surface area contributed by atoms with Gasteiger partial charge in [0.15, 0.2) is 0 Å². The zero-order chi connectivity index (χ0) is 13.1. The maximum atomic E-state index is 13.8. The van der Waals surface area contributed by atoms with E-state index in [1.165, 1.54) is 6.07 Å². The van der Waals surface area contributed by atoms with Gasteiger partial charge in [0.25, 0.3) is 0 Å². The zero-order valence-corrected chi connectivity index (χ0v) is 11.2. The van der Waals surface area contributed by atoms with Crippen molar-refractivity contribution in [3.05, 3.63) is 35.1 Å². The molecule has 18 heavy (non-hydrogen) atoms. The molecule has 0 radical (unpaired) electrons. The van der Waals surface area contributed by atoms with E-state index in [1.807, 2.05) is 19.9 Å². The Morgan fingerprint density at radius 3 is 2.72 bits per heavy atom. The topological polar surface area (TPSA) is 24.9 Å². The van der Waals surface area contributed by atoms with Gasteiger partial charge in [-0.2, -0.15) is 0 Å². The second kappa shape index (κ2) is 5.34. The second-order valence-electron chi connectivity index (χ2n) is 4.54. The lowest BCUT2D eigenvalue weighted by molar-refractivity contribution is 0.639. The van der Waals surface area contributed by atoms with Gasteiger partial charge in [-0.3, -0.25) is 0 Å². The average Bonchev–Trinajstić information content (AvgIpc) is 2.36. The molecular formula is C15H19FN2. The van der Waals surface area contributed by atoms with Crippen LogP contribution in [0, 0.1) is 12.7 Å². The molecule has 0 spiro atoms. The van der Waals surface area contributed by atoms with Crippen LogP contribution in [0.25, 0.3) is 10.9 Å². The lowest BCUT2D eigenvalue weighted by Gasteiger charge is -2.12. The number of nitrogens with one attached hydrogen (secondary N) is 1. The molecule has 0 bridgehead atoms. The van der Waals surface area contributed by atoms with E-state index in [1.54, 1.807) is 6.07 Å². The molecule has 0 unspecified atom stereocenters. The van der Waals surface area contributed by atoms with E-state index >= 15 is 0 Å². The van der Waals surface area contributed by atoms with Gasteiger partial charge >= 0.3 is 0 Å². The number of hydrogen-bond donors (Lipinski definition) is 1. The Balaban J connectivity index is 2.67. The Hall–Kier alpha value is -1.64. The molecule has 2 nitrogen and oxygen atoms in total. The van der Waals surface area contributed by atoms with E-state index in [0.29, 0.717) is 5.39 Å². The summed E-state index contributed by atoms with van der Waals surface area (Å²) in [5, 5.41) is 3.89. The summed E-state index contributed by atoms with van der Waals surface area (Å²) in [7, 11) is 0. The highest BCUT2D eigenvalue weighted by atomic mass is 19.1. The molecule has 2 aromatic rings. The highest BCUT2D eigenvalue weighted by Crippen LogP contribution is 2.26. The molecule has 0 aliphatic heterocycles. The van der Waals surface area contributed by atoms with Crippen molar-refractivity contribution >= 4 is 16.7 Å². The number of anilines is 1. The maximum absolute atomic E-state index is 13.8. The van der Waals surface area contributed by atoms with Crippen LogP contribution < -0.4 is 5.32 Å². The summed E-state index contributed by atoms with van der Waals surface area (Å²) in [6, 6.07) is 5.23. The summed E-state index contributed by atoms with van der Waals surface area (Å²) in [6.07, 6.45) is 1.94. The minimum absolute atomic E-state index is 0.191. The molecule has 1 heterocycles. The first kappa shape index (κ1) is 12.8. The Morgan fingerprint density at radius 2 is 2.06 bits per heavy atom. The van der Waals surface area contributed by atoms with Crippen LogP contribution >= 0.6 is 0 Å². The van der Waals surface area contributed by atoms with Crippen molar-refractivity contribution in [1.82, 2.24) is 4.98 Å². The highest BCUT2D eigenvalue weighted by Gasteiger charge is 2.10. The number of nitrogens with zero attached hydrogens (tertiary/aromatic N) is 1. The Morgan fingerprint density at radius 1 is 1.28 bits per heavy atom. The third-order valence-corrected chi connectivity index (χ3v) is 3.08. The molecule has 96 valence electrons. The molecule has 0 aliphatic rings. The van der Waals surface area contributed by atoms with Crippen LogP contribution in [0.15, 0.2) is 18.2 Å². The van der Waals surface area contributed by atoms with Crippen molar-refractivity contribution in [3.63, 3.8) is 0 Å². The predicted octanol–water partition coefficient (Wildman–Crippen LogP) is 4.07. The Bertz CT molecular complexity index is 513. The molecule has 1 aromatic carbocycles. The van der Waals surface area contributed by atoms with Gasteiger partial charge in [0.2, 0.25) is 0 Å². The van der Waals surface area contributed by atoms with E-state index in [4.69, 9.17) is 0 Å². The summed E-state index contributed by atoms with van der Waals surface area (Å²) in [4.78, 5) is 4.59. The Labute approximate surface area is 107 Å². The van der Waals surface area contributed by atoms with Crippen LogP contribution in [0.2, 0.25) is 0 Å². The number of hydrogen-bond acceptors (Lipinski definition) is 2. The van der Waals surface area contributed by atoms with Crippen molar-refractivity contribution in [2.45, 2.75) is 33.6 Å². The fourth-order valence-electron chi connectivity index (χ4n) is 2.18. The van der Waals surface area contributed by atoms with Crippen LogP contribution in [0.4, 0.5) is 10.2 Å². The van der Waals surface area contributed by atoms with E-state index < -0.39 is 0 Å². The lowest BCUT2D eigenvalue weighted by atomic mass is 10.0. The summed E-state index contributed by atoms with van der Waals surface area (Å²) >= 11 is 0.